The number of methoxy groups -OCH3 is 1. The second kappa shape index (κ2) is 10.8. The first-order chi connectivity index (χ1) is 17.6. The van der Waals surface area contributed by atoms with Gasteiger partial charge in [-0.1, -0.05) is 30.3 Å². The Morgan fingerprint density at radius 3 is 2.64 bits per heavy atom. The molecule has 0 aliphatic carbocycles. The Bertz CT molecular complexity index is 1340. The SMILES string of the molecule is COC(=O)c1cc(-c2ccncc2)cc2c1CCN2C(=O)[C@H](Cc1ccccc1)NCc1cscn1. The normalized spacial score (nSPS) is 13.3. The first-order valence-electron chi connectivity index (χ1n) is 11.8. The van der Waals surface area contributed by atoms with Crippen molar-refractivity contribution >= 4 is 28.9 Å². The molecule has 7 nitrogen and oxygen atoms in total. The van der Waals surface area contributed by atoms with Crippen LogP contribution in [0.3, 0.4) is 0 Å². The molecule has 1 aliphatic rings. The molecule has 1 aliphatic heterocycles. The summed E-state index contributed by atoms with van der Waals surface area (Å²) in [6.07, 6.45) is 4.55. The van der Waals surface area contributed by atoms with Gasteiger partial charge in [0, 0.05) is 36.6 Å². The third kappa shape index (κ3) is 5.05. The summed E-state index contributed by atoms with van der Waals surface area (Å²) in [7, 11) is 1.38. The molecule has 5 rings (SSSR count). The highest BCUT2D eigenvalue weighted by Gasteiger charge is 2.33. The monoisotopic (exact) mass is 498 g/mol. The first-order valence-corrected chi connectivity index (χ1v) is 12.7. The molecule has 1 amide bonds. The van der Waals surface area contributed by atoms with E-state index < -0.39 is 12.0 Å². The van der Waals surface area contributed by atoms with Crippen molar-refractivity contribution in [1.82, 2.24) is 15.3 Å². The van der Waals surface area contributed by atoms with Crippen LogP contribution in [0.1, 0.15) is 27.2 Å². The van der Waals surface area contributed by atoms with E-state index in [-0.39, 0.29) is 5.91 Å². The molecule has 0 saturated heterocycles. The number of fused-ring (bicyclic) bond motifs is 1. The van der Waals surface area contributed by atoms with Crippen LogP contribution in [0.4, 0.5) is 5.69 Å². The van der Waals surface area contributed by atoms with Crippen molar-refractivity contribution in [2.24, 2.45) is 0 Å². The number of nitrogens with zero attached hydrogens (tertiary/aromatic N) is 3. The number of hydrogen-bond donors (Lipinski definition) is 1. The summed E-state index contributed by atoms with van der Waals surface area (Å²) in [5.74, 6) is -0.436. The summed E-state index contributed by atoms with van der Waals surface area (Å²) < 4.78 is 5.08. The third-order valence-corrected chi connectivity index (χ3v) is 7.02. The van der Waals surface area contributed by atoms with Gasteiger partial charge in [-0.2, -0.15) is 0 Å². The fraction of sp³-hybridized carbons (Fsp3) is 0.214. The van der Waals surface area contributed by atoms with E-state index in [1.807, 2.05) is 60.0 Å². The minimum atomic E-state index is -0.453. The maximum Gasteiger partial charge on any atom is 0.338 e. The van der Waals surface area contributed by atoms with E-state index in [0.29, 0.717) is 31.5 Å². The number of anilines is 1. The molecule has 0 fully saturated rings. The van der Waals surface area contributed by atoms with E-state index in [2.05, 4.69) is 15.3 Å². The van der Waals surface area contributed by atoms with Gasteiger partial charge < -0.3 is 9.64 Å². The first kappa shape index (κ1) is 23.8. The van der Waals surface area contributed by atoms with E-state index in [0.717, 1.165) is 33.6 Å². The van der Waals surface area contributed by atoms with Gasteiger partial charge in [0.15, 0.2) is 0 Å². The predicted molar refractivity (Wildman–Crippen MR) is 140 cm³/mol. The lowest BCUT2D eigenvalue weighted by Crippen LogP contribution is -2.47. The number of amides is 1. The Labute approximate surface area is 213 Å². The Balaban J connectivity index is 1.50. The van der Waals surface area contributed by atoms with Crippen molar-refractivity contribution in [2.45, 2.75) is 25.4 Å². The number of nitrogens with one attached hydrogen (secondary N) is 1. The largest absolute Gasteiger partial charge is 0.465 e. The molecule has 4 aromatic rings. The number of ether oxygens (including phenoxy) is 1. The van der Waals surface area contributed by atoms with E-state index in [9.17, 15) is 9.59 Å². The smallest absolute Gasteiger partial charge is 0.338 e. The second-order valence-electron chi connectivity index (χ2n) is 8.59. The van der Waals surface area contributed by atoms with Gasteiger partial charge in [0.1, 0.15) is 0 Å². The minimum absolute atomic E-state index is 0.0319. The summed E-state index contributed by atoms with van der Waals surface area (Å²) in [6, 6.07) is 17.1. The van der Waals surface area contributed by atoms with Crippen LogP contribution >= 0.6 is 11.3 Å². The molecule has 1 atom stereocenters. The highest BCUT2D eigenvalue weighted by Crippen LogP contribution is 2.36. The zero-order valence-corrected chi connectivity index (χ0v) is 20.7. The molecule has 0 unspecified atom stereocenters. The van der Waals surface area contributed by atoms with Gasteiger partial charge in [0.05, 0.1) is 29.9 Å². The van der Waals surface area contributed by atoms with Crippen LogP contribution in [-0.4, -0.2) is 41.5 Å². The highest BCUT2D eigenvalue weighted by atomic mass is 32.1. The molecule has 2 aromatic heterocycles. The molecule has 3 heterocycles. The second-order valence-corrected chi connectivity index (χ2v) is 9.31. The number of rotatable bonds is 8. The fourth-order valence-corrected chi connectivity index (χ4v) is 5.13. The molecule has 0 bridgehead atoms. The fourth-order valence-electron chi connectivity index (χ4n) is 4.57. The van der Waals surface area contributed by atoms with Gasteiger partial charge in [-0.15, -0.1) is 11.3 Å². The maximum atomic E-state index is 14.0. The summed E-state index contributed by atoms with van der Waals surface area (Å²) in [6.45, 7) is 1.000. The lowest BCUT2D eigenvalue weighted by molar-refractivity contribution is -0.120. The quantitative estimate of drug-likeness (QED) is 0.365. The number of thiazole rings is 1. The van der Waals surface area contributed by atoms with Gasteiger partial charge in [-0.25, -0.2) is 9.78 Å². The number of carbonyl (C=O) groups excluding carboxylic acids is 2. The molecule has 1 N–H and O–H groups in total. The Kier molecular flexibility index (Phi) is 7.16. The van der Waals surface area contributed by atoms with Crippen molar-refractivity contribution in [1.29, 1.82) is 0 Å². The van der Waals surface area contributed by atoms with Crippen LogP contribution in [0.25, 0.3) is 11.1 Å². The third-order valence-electron chi connectivity index (χ3n) is 6.38. The molecule has 8 heteroatoms. The van der Waals surface area contributed by atoms with Gasteiger partial charge in [-0.3, -0.25) is 15.1 Å². The Hall–Kier alpha value is -3.88. The van der Waals surface area contributed by atoms with Crippen LogP contribution in [0, 0.1) is 0 Å². The summed E-state index contributed by atoms with van der Waals surface area (Å²) in [5, 5.41) is 5.40. The maximum absolute atomic E-state index is 14.0. The average molecular weight is 499 g/mol. The van der Waals surface area contributed by atoms with Crippen molar-refractivity contribution in [3.63, 3.8) is 0 Å². The van der Waals surface area contributed by atoms with Crippen molar-refractivity contribution in [2.75, 3.05) is 18.6 Å². The number of pyridine rings is 1. The van der Waals surface area contributed by atoms with E-state index in [4.69, 9.17) is 4.74 Å². The molecule has 2 aromatic carbocycles. The van der Waals surface area contributed by atoms with Crippen molar-refractivity contribution in [3.8, 4) is 11.1 Å². The number of hydrogen-bond acceptors (Lipinski definition) is 7. The number of esters is 1. The Morgan fingerprint density at radius 1 is 1.11 bits per heavy atom. The van der Waals surface area contributed by atoms with Crippen LogP contribution in [0.5, 0.6) is 0 Å². The molecule has 0 radical (unpaired) electrons. The van der Waals surface area contributed by atoms with Crippen LogP contribution in [0.2, 0.25) is 0 Å². The van der Waals surface area contributed by atoms with Crippen molar-refractivity contribution < 1.29 is 14.3 Å². The van der Waals surface area contributed by atoms with Gasteiger partial charge in [0.25, 0.3) is 0 Å². The zero-order valence-electron chi connectivity index (χ0n) is 19.9. The van der Waals surface area contributed by atoms with Crippen LogP contribution < -0.4 is 10.2 Å². The summed E-state index contributed by atoms with van der Waals surface area (Å²) in [5.41, 5.74) is 7.60. The van der Waals surface area contributed by atoms with Crippen molar-refractivity contribution in [3.05, 3.63) is 100 Å². The zero-order chi connectivity index (χ0) is 24.9. The summed E-state index contributed by atoms with van der Waals surface area (Å²) >= 11 is 1.53. The minimum Gasteiger partial charge on any atom is -0.465 e. The topological polar surface area (TPSA) is 84.4 Å². The molecule has 36 heavy (non-hydrogen) atoms. The number of benzene rings is 2. The van der Waals surface area contributed by atoms with Crippen LogP contribution in [-0.2, 0) is 28.9 Å². The molecular weight excluding hydrogens is 472 g/mol. The average Bonchev–Trinajstić information content (AvgIpc) is 3.61. The van der Waals surface area contributed by atoms with E-state index >= 15 is 0 Å². The van der Waals surface area contributed by atoms with Gasteiger partial charge in [0.2, 0.25) is 5.91 Å². The Morgan fingerprint density at radius 2 is 1.92 bits per heavy atom. The van der Waals surface area contributed by atoms with E-state index in [1.165, 1.54) is 18.4 Å². The molecular formula is C28H26N4O3S. The summed E-state index contributed by atoms with van der Waals surface area (Å²) in [4.78, 5) is 36.9. The van der Waals surface area contributed by atoms with E-state index in [1.54, 1.807) is 22.8 Å². The standard InChI is InChI=1S/C28H26N4O3S/c1-35-28(34)24-14-21(20-7-10-29-11-8-20)15-26-23(24)9-12-32(26)27(33)25(13-19-5-3-2-4-6-19)30-16-22-17-36-18-31-22/h2-8,10-11,14-15,17-18,25,30H,9,12-13,16H2,1H3/t25-/m0/s1. The van der Waals surface area contributed by atoms with Gasteiger partial charge in [-0.05, 0) is 59.4 Å². The van der Waals surface area contributed by atoms with Gasteiger partial charge >= 0.3 is 5.97 Å². The number of aromatic nitrogens is 2. The molecule has 0 saturated carbocycles. The molecule has 182 valence electrons. The predicted octanol–water partition coefficient (Wildman–Crippen LogP) is 4.28. The number of carbonyl (C=O) groups is 2. The molecule has 0 spiro atoms. The lowest BCUT2D eigenvalue weighted by atomic mass is 9.97. The van der Waals surface area contributed by atoms with Crippen LogP contribution in [0.15, 0.2) is 77.9 Å². The highest BCUT2D eigenvalue weighted by molar-refractivity contribution is 7.07. The lowest BCUT2D eigenvalue weighted by Gasteiger charge is -2.25.